The number of hydrogen-bond acceptors (Lipinski definition) is 4. The number of carboxylic acid groups (broad SMARTS) is 1. The van der Waals surface area contributed by atoms with E-state index in [9.17, 15) is 18.0 Å². The van der Waals surface area contributed by atoms with E-state index < -0.39 is 12.1 Å². The van der Waals surface area contributed by atoms with Crippen molar-refractivity contribution in [1.29, 1.82) is 0 Å². The predicted octanol–water partition coefficient (Wildman–Crippen LogP) is 3.65. The third-order valence-corrected chi connectivity index (χ3v) is 5.93. The highest BCUT2D eigenvalue weighted by molar-refractivity contribution is 7.09. The third kappa shape index (κ3) is 7.79. The minimum Gasteiger partial charge on any atom is -0.475 e. The fourth-order valence-corrected chi connectivity index (χ4v) is 4.32. The number of nitrogens with zero attached hydrogens (tertiary/aromatic N) is 2. The van der Waals surface area contributed by atoms with Gasteiger partial charge in [-0.3, -0.25) is 4.79 Å². The Kier molecular flexibility index (Phi) is 8.75. The average Bonchev–Trinajstić information content (AvgIpc) is 3.33. The summed E-state index contributed by atoms with van der Waals surface area (Å²) < 4.78 is 31.7. The molecule has 158 valence electrons. The van der Waals surface area contributed by atoms with Crippen molar-refractivity contribution in [2.24, 2.45) is 5.92 Å². The minimum absolute atomic E-state index is 0.356. The van der Waals surface area contributed by atoms with Crippen LogP contribution in [0.2, 0.25) is 0 Å². The molecule has 3 heterocycles. The molecule has 2 fully saturated rings. The number of rotatable bonds is 5. The van der Waals surface area contributed by atoms with E-state index in [2.05, 4.69) is 27.3 Å². The van der Waals surface area contributed by atoms with E-state index in [1.807, 2.05) is 0 Å². The molecule has 1 atom stereocenters. The van der Waals surface area contributed by atoms with Crippen LogP contribution in [0.3, 0.4) is 0 Å². The number of hydrogen-bond donors (Lipinski definition) is 1. The number of aliphatic carboxylic acids is 1. The van der Waals surface area contributed by atoms with Crippen LogP contribution in [0.1, 0.15) is 37.0 Å². The number of aryl methyl sites for hydroxylation is 1. The van der Waals surface area contributed by atoms with Gasteiger partial charge < -0.3 is 14.9 Å². The summed E-state index contributed by atoms with van der Waals surface area (Å²) >= 11 is 1.76. The zero-order valence-electron chi connectivity index (χ0n) is 15.8. The second kappa shape index (κ2) is 10.8. The molecule has 5 nitrogen and oxygen atoms in total. The van der Waals surface area contributed by atoms with E-state index in [0.29, 0.717) is 18.2 Å². The Morgan fingerprint density at radius 2 is 1.86 bits per heavy atom. The molecular weight excluding hydrogens is 393 g/mol. The van der Waals surface area contributed by atoms with Gasteiger partial charge in [-0.25, -0.2) is 4.79 Å². The first kappa shape index (κ1) is 22.7. The highest BCUT2D eigenvalue weighted by Gasteiger charge is 2.38. The molecule has 28 heavy (non-hydrogen) atoms. The summed E-state index contributed by atoms with van der Waals surface area (Å²) in [5, 5.41) is 9.22. The van der Waals surface area contributed by atoms with Crippen molar-refractivity contribution in [3.05, 3.63) is 22.4 Å². The zero-order chi connectivity index (χ0) is 20.6. The Hall–Kier alpha value is -1.61. The number of thiophene rings is 1. The van der Waals surface area contributed by atoms with Crippen LogP contribution in [0.25, 0.3) is 0 Å². The van der Waals surface area contributed by atoms with Crippen molar-refractivity contribution < 1.29 is 27.9 Å². The SMILES string of the molecule is O=C(CCc1cccs1)N1CCCC(CN2CCCC2)C1.O=C(O)C(F)(F)F. The molecule has 2 aliphatic rings. The fourth-order valence-electron chi connectivity index (χ4n) is 3.61. The number of carbonyl (C=O) groups is 2. The van der Waals surface area contributed by atoms with Crippen LogP contribution in [-0.2, 0) is 16.0 Å². The summed E-state index contributed by atoms with van der Waals surface area (Å²) in [6.45, 7) is 5.69. The van der Waals surface area contributed by atoms with E-state index in [1.165, 1.54) is 50.2 Å². The number of carboxylic acids is 1. The molecule has 9 heteroatoms. The molecule has 2 aliphatic heterocycles. The molecular formula is C19H27F3N2O3S. The van der Waals surface area contributed by atoms with Crippen molar-refractivity contribution in [2.45, 2.75) is 44.7 Å². The Morgan fingerprint density at radius 3 is 2.43 bits per heavy atom. The fraction of sp³-hybridized carbons (Fsp3) is 0.684. The van der Waals surface area contributed by atoms with Gasteiger partial charge in [0.2, 0.25) is 5.91 Å². The molecule has 1 amide bonds. The average molecular weight is 420 g/mol. The molecule has 0 saturated carbocycles. The second-order valence-corrected chi connectivity index (χ2v) is 8.27. The van der Waals surface area contributed by atoms with E-state index >= 15 is 0 Å². The summed E-state index contributed by atoms with van der Waals surface area (Å²) in [6.07, 6.45) is 1.70. The largest absolute Gasteiger partial charge is 0.490 e. The van der Waals surface area contributed by atoms with E-state index in [0.717, 1.165) is 19.5 Å². The van der Waals surface area contributed by atoms with Crippen molar-refractivity contribution in [1.82, 2.24) is 9.80 Å². The lowest BCUT2D eigenvalue weighted by Crippen LogP contribution is -2.43. The molecule has 0 radical (unpaired) electrons. The standard InChI is InChI=1S/C17H26N2OS.C2HF3O2/c20-17(8-7-16-6-4-12-21-16)19-11-3-5-15(14-19)13-18-9-1-2-10-18;3-2(4,5)1(6)7/h4,6,12,15H,1-3,5,7-11,13-14H2;(H,6,7). The predicted molar refractivity (Wildman–Crippen MR) is 101 cm³/mol. The maximum absolute atomic E-state index is 12.4. The lowest BCUT2D eigenvalue weighted by atomic mass is 9.97. The van der Waals surface area contributed by atoms with Crippen LogP contribution >= 0.6 is 11.3 Å². The lowest BCUT2D eigenvalue weighted by Gasteiger charge is -2.34. The molecule has 0 aliphatic carbocycles. The van der Waals surface area contributed by atoms with E-state index in [-0.39, 0.29) is 0 Å². The molecule has 1 aromatic rings. The second-order valence-electron chi connectivity index (χ2n) is 7.24. The van der Waals surface area contributed by atoms with Gasteiger partial charge in [-0.1, -0.05) is 6.07 Å². The molecule has 1 aromatic heterocycles. The number of alkyl halides is 3. The first-order chi connectivity index (χ1) is 13.3. The molecule has 2 saturated heterocycles. The lowest BCUT2D eigenvalue weighted by molar-refractivity contribution is -0.192. The summed E-state index contributed by atoms with van der Waals surface area (Å²) in [6, 6.07) is 4.20. The highest BCUT2D eigenvalue weighted by Crippen LogP contribution is 2.21. The number of halogens is 3. The summed E-state index contributed by atoms with van der Waals surface area (Å²) in [7, 11) is 0. The van der Waals surface area contributed by atoms with Crippen LogP contribution in [0.15, 0.2) is 17.5 Å². The molecule has 3 rings (SSSR count). The number of likely N-dealkylation sites (tertiary alicyclic amines) is 2. The highest BCUT2D eigenvalue weighted by atomic mass is 32.1. The quantitative estimate of drug-likeness (QED) is 0.790. The van der Waals surface area contributed by atoms with Gasteiger partial charge in [0.1, 0.15) is 0 Å². The van der Waals surface area contributed by atoms with Crippen molar-refractivity contribution in [3.8, 4) is 0 Å². The molecule has 1 N–H and O–H groups in total. The number of amides is 1. The Morgan fingerprint density at radius 1 is 1.18 bits per heavy atom. The Balaban J connectivity index is 0.000000345. The maximum Gasteiger partial charge on any atom is 0.490 e. The van der Waals surface area contributed by atoms with Gasteiger partial charge in [0, 0.05) is 30.9 Å². The van der Waals surface area contributed by atoms with E-state index in [4.69, 9.17) is 9.90 Å². The normalized spacial score (nSPS) is 20.5. The van der Waals surface area contributed by atoms with Crippen molar-refractivity contribution in [3.63, 3.8) is 0 Å². The number of carbonyl (C=O) groups excluding carboxylic acids is 1. The molecule has 0 spiro atoms. The van der Waals surface area contributed by atoms with Crippen molar-refractivity contribution in [2.75, 3.05) is 32.7 Å². The summed E-state index contributed by atoms with van der Waals surface area (Å²) in [4.78, 5) is 27.3. The number of piperidine rings is 1. The van der Waals surface area contributed by atoms with Gasteiger partial charge in [0.25, 0.3) is 0 Å². The topological polar surface area (TPSA) is 60.9 Å². The van der Waals surface area contributed by atoms with Crippen LogP contribution in [0.5, 0.6) is 0 Å². The smallest absolute Gasteiger partial charge is 0.475 e. The first-order valence-electron chi connectivity index (χ1n) is 9.58. The molecule has 0 aromatic carbocycles. The van der Waals surface area contributed by atoms with Gasteiger partial charge in [-0.2, -0.15) is 13.2 Å². The monoisotopic (exact) mass is 420 g/mol. The van der Waals surface area contributed by atoms with Gasteiger partial charge in [-0.05, 0) is 62.6 Å². The maximum atomic E-state index is 12.4. The molecule has 0 bridgehead atoms. The summed E-state index contributed by atoms with van der Waals surface area (Å²) in [5.41, 5.74) is 0. The van der Waals surface area contributed by atoms with Crippen LogP contribution in [0, 0.1) is 5.92 Å². The van der Waals surface area contributed by atoms with E-state index in [1.54, 1.807) is 11.3 Å². The first-order valence-corrected chi connectivity index (χ1v) is 10.5. The van der Waals surface area contributed by atoms with Gasteiger partial charge >= 0.3 is 12.1 Å². The Bertz CT molecular complexity index is 616. The summed E-state index contributed by atoms with van der Waals surface area (Å²) in [5.74, 6) is -1.70. The zero-order valence-corrected chi connectivity index (χ0v) is 16.6. The van der Waals surface area contributed by atoms with Crippen LogP contribution in [0.4, 0.5) is 13.2 Å². The van der Waals surface area contributed by atoms with Gasteiger partial charge in [-0.15, -0.1) is 11.3 Å². The van der Waals surface area contributed by atoms with Gasteiger partial charge in [0.05, 0.1) is 0 Å². The van der Waals surface area contributed by atoms with Gasteiger partial charge in [0.15, 0.2) is 0 Å². The Labute approximate surface area is 167 Å². The van der Waals surface area contributed by atoms with Crippen LogP contribution in [-0.4, -0.2) is 65.7 Å². The molecule has 1 unspecified atom stereocenters. The minimum atomic E-state index is -5.08. The van der Waals surface area contributed by atoms with Crippen LogP contribution < -0.4 is 0 Å². The van der Waals surface area contributed by atoms with Crippen molar-refractivity contribution >= 4 is 23.2 Å². The third-order valence-electron chi connectivity index (χ3n) is 4.99.